The Labute approximate surface area is 374 Å². The minimum atomic E-state index is -0.517. The van der Waals surface area contributed by atoms with Crippen LogP contribution >= 0.6 is 0 Å². The Kier molecular flexibility index (Phi) is 21.9. The summed E-state index contributed by atoms with van der Waals surface area (Å²) in [6.45, 7) is 10.7. The molecule has 342 valence electrons. The molecule has 0 atom stereocenters. The van der Waals surface area contributed by atoms with Gasteiger partial charge in [0.05, 0.1) is 39.6 Å². The van der Waals surface area contributed by atoms with Gasteiger partial charge in [0, 0.05) is 0 Å². The van der Waals surface area contributed by atoms with Gasteiger partial charge in [0.25, 0.3) is 0 Å². The van der Waals surface area contributed by atoms with Crippen LogP contribution in [0.2, 0.25) is 0 Å². The first-order valence-corrected chi connectivity index (χ1v) is 24.7. The predicted octanol–water partition coefficient (Wildman–Crippen LogP) is 14.2. The summed E-state index contributed by atoms with van der Waals surface area (Å²) < 4.78 is 35.1. The van der Waals surface area contributed by atoms with E-state index in [1.807, 2.05) is 0 Å². The smallest absolute Gasteiger partial charge is 0.342 e. The van der Waals surface area contributed by atoms with Gasteiger partial charge in [-0.05, 0) is 188 Å². The predicted molar refractivity (Wildman–Crippen MR) is 249 cm³/mol. The Hall–Kier alpha value is -4.20. The van der Waals surface area contributed by atoms with Crippen molar-refractivity contribution in [1.29, 1.82) is 0 Å². The summed E-state index contributed by atoms with van der Waals surface area (Å²) >= 11 is 0. The van der Waals surface area contributed by atoms with Gasteiger partial charge in [-0.3, -0.25) is 0 Å². The van der Waals surface area contributed by atoms with Crippen LogP contribution in [0, 0.1) is 11.8 Å². The molecule has 0 saturated heterocycles. The second kappa shape index (κ2) is 27.8. The summed E-state index contributed by atoms with van der Waals surface area (Å²) in [6.07, 6.45) is 23.4. The van der Waals surface area contributed by atoms with Crippen LogP contribution in [0.3, 0.4) is 0 Å². The maximum Gasteiger partial charge on any atom is 0.342 e. The van der Waals surface area contributed by atoms with E-state index in [1.165, 1.54) is 88.2 Å². The van der Waals surface area contributed by atoms with Crippen LogP contribution in [0.4, 0.5) is 0 Å². The highest BCUT2D eigenvalue weighted by atomic mass is 16.5. The standard InChI is InChI=1S/C54H78O8/c1-5-17-41-19-23-43(24-20-41)45-27-31-47(32-28-45)59-35-13-9-11-15-37-61-51-39-50(54(56)58-8-4)52(40-49(51)53(55)57-7-3)62-38-16-12-10-14-36-60-48-33-29-46(30-34-48)44-25-21-42(18-6-2)22-26-44/h27-34,39-44H,5-26,35-38H2,1-4H3/t41-,42-,43-,44-. The normalized spacial score (nSPS) is 18.8. The fourth-order valence-corrected chi connectivity index (χ4v) is 9.45. The third kappa shape index (κ3) is 16.2. The van der Waals surface area contributed by atoms with Crippen molar-refractivity contribution in [2.45, 2.75) is 168 Å². The van der Waals surface area contributed by atoms with E-state index in [2.05, 4.69) is 62.4 Å². The molecule has 0 amide bonds. The maximum atomic E-state index is 13.1. The van der Waals surface area contributed by atoms with Crippen molar-refractivity contribution in [3.05, 3.63) is 82.9 Å². The number of unbranched alkanes of at least 4 members (excludes halogenated alkanes) is 6. The average molecular weight is 855 g/mol. The topological polar surface area (TPSA) is 89.5 Å². The first kappa shape index (κ1) is 48.8. The Bertz CT molecular complexity index is 1580. The zero-order chi connectivity index (χ0) is 43.8. The highest BCUT2D eigenvalue weighted by molar-refractivity contribution is 5.98. The van der Waals surface area contributed by atoms with E-state index in [-0.39, 0.29) is 24.3 Å². The molecule has 0 heterocycles. The lowest BCUT2D eigenvalue weighted by Gasteiger charge is -2.28. The van der Waals surface area contributed by atoms with Gasteiger partial charge in [0.1, 0.15) is 34.1 Å². The minimum Gasteiger partial charge on any atom is -0.494 e. The number of carbonyl (C=O) groups excluding carboxylic acids is 2. The molecule has 3 aromatic rings. The van der Waals surface area contributed by atoms with E-state index in [1.54, 1.807) is 26.0 Å². The molecule has 0 bridgehead atoms. The van der Waals surface area contributed by atoms with Crippen molar-refractivity contribution < 1.29 is 38.0 Å². The Morgan fingerprint density at radius 1 is 0.452 bits per heavy atom. The van der Waals surface area contributed by atoms with Crippen molar-refractivity contribution in [3.63, 3.8) is 0 Å². The van der Waals surface area contributed by atoms with Crippen molar-refractivity contribution >= 4 is 11.9 Å². The number of carbonyl (C=O) groups is 2. The van der Waals surface area contributed by atoms with Gasteiger partial charge in [0.15, 0.2) is 0 Å². The van der Waals surface area contributed by atoms with Crippen LogP contribution in [0.15, 0.2) is 60.7 Å². The number of benzene rings is 3. The lowest BCUT2D eigenvalue weighted by molar-refractivity contribution is 0.0503. The van der Waals surface area contributed by atoms with Gasteiger partial charge in [0.2, 0.25) is 0 Å². The third-order valence-corrected chi connectivity index (χ3v) is 13.0. The van der Waals surface area contributed by atoms with E-state index >= 15 is 0 Å². The monoisotopic (exact) mass is 855 g/mol. The quantitative estimate of drug-likeness (QED) is 0.0527. The van der Waals surface area contributed by atoms with Gasteiger partial charge in [-0.25, -0.2) is 9.59 Å². The molecule has 0 unspecified atom stereocenters. The average Bonchev–Trinajstić information content (AvgIpc) is 3.29. The molecule has 0 spiro atoms. The molecule has 0 N–H and O–H groups in total. The van der Waals surface area contributed by atoms with E-state index in [4.69, 9.17) is 28.4 Å². The second-order valence-electron chi connectivity index (χ2n) is 17.7. The molecule has 0 radical (unpaired) electrons. The lowest BCUT2D eigenvalue weighted by atomic mass is 9.77. The van der Waals surface area contributed by atoms with Crippen LogP contribution in [0.25, 0.3) is 0 Å². The molecular weight excluding hydrogens is 777 g/mol. The first-order valence-electron chi connectivity index (χ1n) is 24.7. The molecule has 8 heteroatoms. The summed E-state index contributed by atoms with van der Waals surface area (Å²) in [4.78, 5) is 26.2. The molecule has 8 nitrogen and oxygen atoms in total. The van der Waals surface area contributed by atoms with Crippen LogP contribution in [-0.2, 0) is 9.47 Å². The Balaban J connectivity index is 1.000. The number of ether oxygens (including phenoxy) is 6. The fraction of sp³-hybridized carbons (Fsp3) is 0.630. The first-order chi connectivity index (χ1) is 30.4. The molecular formula is C54H78O8. The minimum absolute atomic E-state index is 0.218. The van der Waals surface area contributed by atoms with Crippen LogP contribution in [-0.4, -0.2) is 51.6 Å². The highest BCUT2D eigenvalue weighted by Crippen LogP contribution is 2.39. The van der Waals surface area contributed by atoms with Crippen LogP contribution in [0.1, 0.15) is 200 Å². The summed E-state index contributed by atoms with van der Waals surface area (Å²) in [7, 11) is 0. The fourth-order valence-electron chi connectivity index (χ4n) is 9.45. The number of hydrogen-bond acceptors (Lipinski definition) is 8. The van der Waals surface area contributed by atoms with E-state index < -0.39 is 11.9 Å². The van der Waals surface area contributed by atoms with E-state index in [9.17, 15) is 9.59 Å². The Morgan fingerprint density at radius 2 is 0.790 bits per heavy atom. The van der Waals surface area contributed by atoms with Crippen molar-refractivity contribution in [3.8, 4) is 23.0 Å². The SMILES string of the molecule is CCC[C@H]1CC[C@H](c2ccc(OCCCCCCOc3cc(C(=O)OCC)c(OCCCCCCOc4ccc([C@H]5CC[C@H](CCC)CC5)cc4)cc3C(=O)OCC)cc2)CC1. The molecule has 2 saturated carbocycles. The van der Waals surface area contributed by atoms with Gasteiger partial charge < -0.3 is 28.4 Å². The Morgan fingerprint density at radius 3 is 1.11 bits per heavy atom. The van der Waals surface area contributed by atoms with Crippen LogP contribution in [0.5, 0.6) is 23.0 Å². The highest BCUT2D eigenvalue weighted by Gasteiger charge is 2.25. The zero-order valence-corrected chi connectivity index (χ0v) is 38.7. The molecule has 62 heavy (non-hydrogen) atoms. The van der Waals surface area contributed by atoms with Gasteiger partial charge in [-0.15, -0.1) is 0 Å². The molecule has 3 aromatic carbocycles. The van der Waals surface area contributed by atoms with Crippen molar-refractivity contribution in [2.24, 2.45) is 11.8 Å². The molecule has 2 aliphatic carbocycles. The lowest BCUT2D eigenvalue weighted by Crippen LogP contribution is -2.14. The second-order valence-corrected chi connectivity index (χ2v) is 17.7. The number of hydrogen-bond donors (Lipinski definition) is 0. The van der Waals surface area contributed by atoms with Gasteiger partial charge in [-0.1, -0.05) is 63.8 Å². The molecule has 5 rings (SSSR count). The van der Waals surface area contributed by atoms with Gasteiger partial charge >= 0.3 is 11.9 Å². The third-order valence-electron chi connectivity index (χ3n) is 13.0. The van der Waals surface area contributed by atoms with Crippen molar-refractivity contribution in [2.75, 3.05) is 39.6 Å². The van der Waals surface area contributed by atoms with Crippen molar-refractivity contribution in [1.82, 2.24) is 0 Å². The largest absolute Gasteiger partial charge is 0.494 e. The summed E-state index contributed by atoms with van der Waals surface area (Å²) in [6, 6.07) is 20.7. The number of rotatable bonds is 28. The summed E-state index contributed by atoms with van der Waals surface area (Å²) in [5, 5.41) is 0. The summed E-state index contributed by atoms with van der Waals surface area (Å²) in [5.41, 5.74) is 3.38. The zero-order valence-electron chi connectivity index (χ0n) is 38.7. The molecule has 0 aromatic heterocycles. The van der Waals surface area contributed by atoms with E-state index in [0.717, 1.165) is 74.7 Å². The molecule has 2 fully saturated rings. The maximum absolute atomic E-state index is 13.1. The number of esters is 2. The van der Waals surface area contributed by atoms with Gasteiger partial charge in [-0.2, -0.15) is 0 Å². The van der Waals surface area contributed by atoms with E-state index in [0.29, 0.717) is 49.8 Å². The summed E-state index contributed by atoms with van der Waals surface area (Å²) in [5.74, 6) is 4.64. The molecule has 0 aliphatic heterocycles. The van der Waals surface area contributed by atoms with Crippen LogP contribution < -0.4 is 18.9 Å². The molecule has 2 aliphatic rings.